The van der Waals surface area contributed by atoms with Crippen LogP contribution in [0.1, 0.15) is 35.2 Å². The van der Waals surface area contributed by atoms with Gasteiger partial charge in [0.2, 0.25) is 12.5 Å². The third-order valence-corrected chi connectivity index (χ3v) is 10.0. The lowest BCUT2D eigenvalue weighted by Crippen LogP contribution is -2.57. The van der Waals surface area contributed by atoms with Crippen molar-refractivity contribution < 1.29 is 19.1 Å². The summed E-state index contributed by atoms with van der Waals surface area (Å²) in [6.07, 6.45) is 1.57. The molecule has 2 saturated heterocycles. The van der Waals surface area contributed by atoms with E-state index in [9.17, 15) is 9.59 Å². The molecule has 2 amide bonds. The Kier molecular flexibility index (Phi) is 9.20. The van der Waals surface area contributed by atoms with Gasteiger partial charge in [0.15, 0.2) is 0 Å². The first-order valence-electron chi connectivity index (χ1n) is 17.0. The molecule has 0 aliphatic carbocycles. The standard InChI is InChI=1S/C38H41N7O4/c1-26-9-7-12-28-13-8-14-33(35(26)28)43-18-17-31-32(23-43)40-37(48-25-29-15-16-34(46)42(29)3)41-36(31)44-19-20-45(30(22-44)21-39-2)38(47)49-24-27-10-5-4-6-11-27/h4-14,29-30H,15-25H2,1,3H3/t29-,30-/m0/s1. The lowest BCUT2D eigenvalue weighted by Gasteiger charge is -2.40. The molecule has 0 radical (unpaired) electrons. The molecular formula is C38H41N7O4. The second-order valence-electron chi connectivity index (χ2n) is 13.1. The summed E-state index contributed by atoms with van der Waals surface area (Å²) in [5, 5.41) is 2.45. The third kappa shape index (κ3) is 6.68. The van der Waals surface area contributed by atoms with Crippen LogP contribution in [-0.4, -0.2) is 90.2 Å². The van der Waals surface area contributed by atoms with Gasteiger partial charge in [0.05, 0.1) is 18.3 Å². The molecule has 11 nitrogen and oxygen atoms in total. The molecule has 3 aromatic carbocycles. The Labute approximate surface area is 286 Å². The summed E-state index contributed by atoms with van der Waals surface area (Å²) in [6.45, 7) is 13.2. The zero-order valence-electron chi connectivity index (χ0n) is 28.0. The first-order valence-corrected chi connectivity index (χ1v) is 17.0. The molecule has 3 aliphatic heterocycles. The average molecular weight is 660 g/mol. The van der Waals surface area contributed by atoms with E-state index in [4.69, 9.17) is 26.0 Å². The van der Waals surface area contributed by atoms with Gasteiger partial charge < -0.3 is 29.0 Å². The normalized spacial score (nSPS) is 19.2. The van der Waals surface area contributed by atoms with Gasteiger partial charge in [-0.05, 0) is 42.3 Å². The van der Waals surface area contributed by atoms with E-state index in [0.717, 1.165) is 42.0 Å². The number of fused-ring (bicyclic) bond motifs is 2. The van der Waals surface area contributed by atoms with E-state index < -0.39 is 6.09 Å². The number of amides is 2. The maximum absolute atomic E-state index is 13.2. The first-order chi connectivity index (χ1) is 23.9. The van der Waals surface area contributed by atoms with Gasteiger partial charge in [-0.1, -0.05) is 60.7 Å². The number of likely N-dealkylation sites (tertiary alicyclic amines) is 1. The number of ether oxygens (including phenoxy) is 2. The Balaban J connectivity index is 1.16. The lowest BCUT2D eigenvalue weighted by atomic mass is 9.99. The monoisotopic (exact) mass is 659 g/mol. The predicted molar refractivity (Wildman–Crippen MR) is 188 cm³/mol. The largest absolute Gasteiger partial charge is 0.461 e. The highest BCUT2D eigenvalue weighted by Crippen LogP contribution is 2.36. The highest BCUT2D eigenvalue weighted by atomic mass is 16.6. The van der Waals surface area contributed by atoms with E-state index in [2.05, 4.69) is 58.0 Å². The van der Waals surface area contributed by atoms with Gasteiger partial charge in [-0.2, -0.15) is 9.97 Å². The second-order valence-corrected chi connectivity index (χ2v) is 13.1. The summed E-state index contributed by atoms with van der Waals surface area (Å²) >= 11 is 0. The van der Waals surface area contributed by atoms with Gasteiger partial charge in [-0.3, -0.25) is 9.69 Å². The molecule has 0 saturated carbocycles. The number of aryl methyl sites for hydroxylation is 1. The van der Waals surface area contributed by atoms with Gasteiger partial charge in [-0.15, -0.1) is 0 Å². The number of rotatable bonds is 8. The topological polar surface area (TPSA) is 95.7 Å². The summed E-state index contributed by atoms with van der Waals surface area (Å²) in [4.78, 5) is 47.0. The van der Waals surface area contributed by atoms with Crippen molar-refractivity contribution in [2.45, 2.75) is 51.4 Å². The van der Waals surface area contributed by atoms with Crippen LogP contribution in [0.15, 0.2) is 66.7 Å². The fourth-order valence-corrected chi connectivity index (χ4v) is 7.27. The zero-order valence-corrected chi connectivity index (χ0v) is 28.0. The number of hydrogen-bond donors (Lipinski definition) is 0. The van der Waals surface area contributed by atoms with Crippen LogP contribution in [-0.2, 0) is 29.1 Å². The minimum absolute atomic E-state index is 0.0285. The van der Waals surface area contributed by atoms with Crippen LogP contribution < -0.4 is 14.5 Å². The van der Waals surface area contributed by atoms with Gasteiger partial charge in [0.25, 0.3) is 0 Å². The van der Waals surface area contributed by atoms with Crippen LogP contribution in [0.2, 0.25) is 0 Å². The zero-order chi connectivity index (χ0) is 33.9. The van der Waals surface area contributed by atoms with Crippen molar-refractivity contribution in [1.82, 2.24) is 19.8 Å². The summed E-state index contributed by atoms with van der Waals surface area (Å²) in [5.41, 5.74) is 5.29. The van der Waals surface area contributed by atoms with Gasteiger partial charge in [0.1, 0.15) is 25.1 Å². The number of likely N-dealkylation sites (N-methyl/N-ethyl adjacent to an activating group) is 1. The van der Waals surface area contributed by atoms with Crippen molar-refractivity contribution in [3.63, 3.8) is 0 Å². The van der Waals surface area contributed by atoms with E-state index in [1.807, 2.05) is 37.4 Å². The van der Waals surface area contributed by atoms with Crippen molar-refractivity contribution >= 4 is 34.3 Å². The fourth-order valence-electron chi connectivity index (χ4n) is 7.27. The maximum atomic E-state index is 13.2. The van der Waals surface area contributed by atoms with Crippen LogP contribution >= 0.6 is 0 Å². The van der Waals surface area contributed by atoms with Crippen molar-refractivity contribution in [2.24, 2.45) is 0 Å². The van der Waals surface area contributed by atoms with Crippen molar-refractivity contribution in [3.05, 3.63) is 101 Å². The van der Waals surface area contributed by atoms with E-state index >= 15 is 0 Å². The van der Waals surface area contributed by atoms with Crippen LogP contribution in [0.25, 0.3) is 15.6 Å². The Morgan fingerprint density at radius 1 is 0.959 bits per heavy atom. The Morgan fingerprint density at radius 2 is 1.78 bits per heavy atom. The molecule has 0 bridgehead atoms. The minimum Gasteiger partial charge on any atom is -0.461 e. The first kappa shape index (κ1) is 32.2. The molecule has 3 aliphatic rings. The number of piperazine rings is 1. The molecule has 7 rings (SSSR count). The summed E-state index contributed by atoms with van der Waals surface area (Å²) in [6, 6.07) is 22.3. The molecule has 1 aromatic heterocycles. The molecule has 0 spiro atoms. The molecule has 2 fully saturated rings. The second kappa shape index (κ2) is 14.0. The van der Waals surface area contributed by atoms with E-state index in [1.165, 1.54) is 22.0 Å². The number of nitrogens with zero attached hydrogens (tertiary/aromatic N) is 7. The fraction of sp³-hybridized carbons (Fsp3) is 0.395. The van der Waals surface area contributed by atoms with Crippen LogP contribution in [0, 0.1) is 13.5 Å². The molecule has 11 heteroatoms. The molecule has 0 N–H and O–H groups in total. The number of anilines is 2. The lowest BCUT2D eigenvalue weighted by molar-refractivity contribution is -0.127. The Morgan fingerprint density at radius 3 is 2.55 bits per heavy atom. The average Bonchev–Trinajstić information content (AvgIpc) is 3.45. The van der Waals surface area contributed by atoms with E-state index in [0.29, 0.717) is 39.2 Å². The highest BCUT2D eigenvalue weighted by molar-refractivity contribution is 5.97. The molecule has 4 heterocycles. The third-order valence-electron chi connectivity index (χ3n) is 10.0. The van der Waals surface area contributed by atoms with E-state index in [1.54, 1.807) is 9.80 Å². The van der Waals surface area contributed by atoms with Crippen LogP contribution in [0.5, 0.6) is 6.01 Å². The molecule has 252 valence electrons. The summed E-state index contributed by atoms with van der Waals surface area (Å²) in [7, 11) is 1.81. The maximum Gasteiger partial charge on any atom is 0.410 e. The van der Waals surface area contributed by atoms with Crippen molar-refractivity contribution in [1.29, 1.82) is 0 Å². The van der Waals surface area contributed by atoms with Gasteiger partial charge in [-0.25, -0.2) is 11.4 Å². The number of aromatic nitrogens is 2. The molecule has 49 heavy (non-hydrogen) atoms. The van der Waals surface area contributed by atoms with Crippen LogP contribution in [0.4, 0.5) is 16.3 Å². The smallest absolute Gasteiger partial charge is 0.410 e. The summed E-state index contributed by atoms with van der Waals surface area (Å²) in [5.74, 6) is 0.907. The SMILES string of the molecule is [C-]#[N+]C[C@H]1CN(c2nc(OC[C@@H]3CCC(=O)N3C)nc3c2CCN(c2cccc4cccc(C)c24)C3)CCN1C(=O)OCc1ccccc1. The quantitative estimate of drug-likeness (QED) is 0.237. The molecular weight excluding hydrogens is 618 g/mol. The highest BCUT2D eigenvalue weighted by Gasteiger charge is 2.37. The molecule has 2 atom stereocenters. The van der Waals surface area contributed by atoms with Gasteiger partial charge in [0, 0.05) is 56.3 Å². The number of benzene rings is 3. The van der Waals surface area contributed by atoms with Crippen molar-refractivity contribution in [3.8, 4) is 6.01 Å². The molecule has 4 aromatic rings. The van der Waals surface area contributed by atoms with Crippen LogP contribution in [0.3, 0.4) is 0 Å². The summed E-state index contributed by atoms with van der Waals surface area (Å²) < 4.78 is 11.9. The van der Waals surface area contributed by atoms with Crippen molar-refractivity contribution in [2.75, 3.05) is 56.2 Å². The number of carbonyl (C=O) groups excluding carboxylic acids is 2. The predicted octanol–water partition coefficient (Wildman–Crippen LogP) is 5.25. The van der Waals surface area contributed by atoms with E-state index in [-0.39, 0.29) is 37.2 Å². The minimum atomic E-state index is -0.415. The Hall–Kier alpha value is -5.37. The number of hydrogen-bond acceptors (Lipinski definition) is 8. The Bertz CT molecular complexity index is 1890. The number of carbonyl (C=O) groups is 2. The van der Waals surface area contributed by atoms with Gasteiger partial charge >= 0.3 is 12.1 Å². The molecule has 0 unspecified atom stereocenters.